The molecule has 1 atom stereocenters. The van der Waals surface area contributed by atoms with Crippen molar-refractivity contribution in [2.75, 3.05) is 6.61 Å². The Bertz CT molecular complexity index is 807. The molecule has 1 aliphatic rings. The van der Waals surface area contributed by atoms with Crippen LogP contribution in [0.1, 0.15) is 25.5 Å². The van der Waals surface area contributed by atoms with Gasteiger partial charge in [0.25, 0.3) is 5.69 Å². The Morgan fingerprint density at radius 1 is 1.22 bits per heavy atom. The van der Waals surface area contributed by atoms with Crippen molar-refractivity contribution in [1.82, 2.24) is 9.78 Å². The van der Waals surface area contributed by atoms with E-state index in [1.807, 2.05) is 0 Å². The molecule has 0 radical (unpaired) electrons. The summed E-state index contributed by atoms with van der Waals surface area (Å²) < 4.78 is 32.2. The topological polar surface area (TPSA) is 104 Å². The van der Waals surface area contributed by atoms with Crippen LogP contribution in [0.15, 0.2) is 46.5 Å². The minimum absolute atomic E-state index is 0.00721. The first-order chi connectivity index (χ1) is 11.0. The fourth-order valence-electron chi connectivity index (χ4n) is 2.43. The normalized spacial score (nSPS) is 18.7. The molecule has 0 saturated carbocycles. The van der Waals surface area contributed by atoms with Crippen molar-refractivity contribution in [3.05, 3.63) is 46.8 Å². The van der Waals surface area contributed by atoms with Crippen molar-refractivity contribution in [3.8, 4) is 0 Å². The first-order valence-electron chi connectivity index (χ1n) is 7.14. The molecule has 3 rings (SSSR count). The Balaban J connectivity index is 1.87. The van der Waals surface area contributed by atoms with E-state index in [4.69, 9.17) is 4.74 Å². The van der Waals surface area contributed by atoms with Gasteiger partial charge in [-0.2, -0.15) is 5.10 Å². The summed E-state index contributed by atoms with van der Waals surface area (Å²) in [5.41, 5.74) is -0.157. The molecule has 1 fully saturated rings. The summed E-state index contributed by atoms with van der Waals surface area (Å²) in [7, 11) is -3.76. The van der Waals surface area contributed by atoms with Gasteiger partial charge in [0.05, 0.1) is 16.0 Å². The Hall–Kier alpha value is -2.26. The first kappa shape index (κ1) is 15.6. The van der Waals surface area contributed by atoms with Gasteiger partial charge < -0.3 is 4.74 Å². The van der Waals surface area contributed by atoms with Crippen molar-refractivity contribution in [2.45, 2.75) is 35.3 Å². The van der Waals surface area contributed by atoms with E-state index in [-0.39, 0.29) is 21.7 Å². The number of nitro benzene ring substituents is 1. The summed E-state index contributed by atoms with van der Waals surface area (Å²) in [6.45, 7) is 0.634. The molecule has 9 heteroatoms. The van der Waals surface area contributed by atoms with Gasteiger partial charge in [-0.05, 0) is 31.4 Å². The summed E-state index contributed by atoms with van der Waals surface area (Å²) in [6, 6.07) is 4.78. The molecule has 23 heavy (non-hydrogen) atoms. The third-order valence-corrected chi connectivity index (χ3v) is 5.42. The van der Waals surface area contributed by atoms with Crippen LogP contribution in [0.4, 0.5) is 5.69 Å². The molecule has 0 spiro atoms. The molecule has 1 aromatic heterocycles. The fraction of sp³-hybridized carbons (Fsp3) is 0.357. The molecule has 2 aromatic rings. The number of ether oxygens (including phenoxy) is 1. The van der Waals surface area contributed by atoms with Gasteiger partial charge in [0.15, 0.2) is 0 Å². The third kappa shape index (κ3) is 3.10. The van der Waals surface area contributed by atoms with Crippen molar-refractivity contribution >= 4 is 15.5 Å². The molecule has 8 nitrogen and oxygen atoms in total. The van der Waals surface area contributed by atoms with Crippen LogP contribution in [0.5, 0.6) is 0 Å². The zero-order valence-corrected chi connectivity index (χ0v) is 13.0. The van der Waals surface area contributed by atoms with Gasteiger partial charge in [-0.1, -0.05) is 0 Å². The second kappa shape index (κ2) is 6.09. The van der Waals surface area contributed by atoms with Gasteiger partial charge in [-0.3, -0.25) is 10.1 Å². The van der Waals surface area contributed by atoms with E-state index in [1.165, 1.54) is 41.3 Å². The number of rotatable bonds is 4. The van der Waals surface area contributed by atoms with Gasteiger partial charge in [0, 0.05) is 24.9 Å². The monoisotopic (exact) mass is 337 g/mol. The van der Waals surface area contributed by atoms with E-state index >= 15 is 0 Å². The highest BCUT2D eigenvalue weighted by Gasteiger charge is 2.23. The Kier molecular flexibility index (Phi) is 4.14. The Morgan fingerprint density at radius 2 is 1.96 bits per heavy atom. The number of benzene rings is 1. The highest BCUT2D eigenvalue weighted by Crippen LogP contribution is 2.26. The van der Waals surface area contributed by atoms with Gasteiger partial charge >= 0.3 is 0 Å². The van der Waals surface area contributed by atoms with E-state index in [9.17, 15) is 18.5 Å². The van der Waals surface area contributed by atoms with Crippen LogP contribution in [0, 0.1) is 10.1 Å². The standard InChI is InChI=1S/C14H15N3O5S/c18-17(19)11-4-6-12(7-5-11)23(20,21)13-9-15-16(10-13)14-3-1-2-8-22-14/h4-7,9-10,14H,1-3,8H2. The van der Waals surface area contributed by atoms with Crippen molar-refractivity contribution in [3.63, 3.8) is 0 Å². The summed E-state index contributed by atoms with van der Waals surface area (Å²) in [6.07, 6.45) is 5.26. The molecular weight excluding hydrogens is 322 g/mol. The zero-order chi connectivity index (χ0) is 16.4. The highest BCUT2D eigenvalue weighted by atomic mass is 32.2. The maximum Gasteiger partial charge on any atom is 0.269 e. The predicted molar refractivity (Wildman–Crippen MR) is 79.6 cm³/mol. The smallest absolute Gasteiger partial charge is 0.269 e. The van der Waals surface area contributed by atoms with E-state index in [0.717, 1.165) is 19.3 Å². The molecule has 0 aliphatic carbocycles. The van der Waals surface area contributed by atoms with Crippen LogP contribution in [0.2, 0.25) is 0 Å². The average Bonchev–Trinajstić information content (AvgIpc) is 3.06. The lowest BCUT2D eigenvalue weighted by Crippen LogP contribution is -2.18. The Morgan fingerprint density at radius 3 is 2.57 bits per heavy atom. The number of aromatic nitrogens is 2. The third-order valence-electron chi connectivity index (χ3n) is 3.70. The maximum absolute atomic E-state index is 12.5. The van der Waals surface area contributed by atoms with Gasteiger partial charge in [-0.15, -0.1) is 0 Å². The summed E-state index contributed by atoms with van der Waals surface area (Å²) >= 11 is 0. The summed E-state index contributed by atoms with van der Waals surface area (Å²) in [5, 5.41) is 14.7. The zero-order valence-electron chi connectivity index (χ0n) is 12.2. The minimum Gasteiger partial charge on any atom is -0.357 e. The van der Waals surface area contributed by atoms with Crippen molar-refractivity contribution in [1.29, 1.82) is 0 Å². The molecule has 0 N–H and O–H groups in total. The average molecular weight is 337 g/mol. The molecule has 2 heterocycles. The SMILES string of the molecule is O=[N+]([O-])c1ccc(S(=O)(=O)c2cnn(C3CCCCO3)c2)cc1. The number of sulfone groups is 1. The van der Waals surface area contributed by atoms with E-state index < -0.39 is 14.8 Å². The maximum atomic E-state index is 12.5. The lowest BCUT2D eigenvalue weighted by Gasteiger charge is -2.22. The van der Waals surface area contributed by atoms with E-state index in [1.54, 1.807) is 0 Å². The number of non-ortho nitro benzene ring substituents is 1. The van der Waals surface area contributed by atoms with Gasteiger partial charge in [0.2, 0.25) is 9.84 Å². The second-order valence-corrected chi connectivity index (χ2v) is 7.18. The molecule has 1 aromatic carbocycles. The molecule has 0 bridgehead atoms. The van der Waals surface area contributed by atoms with Crippen LogP contribution >= 0.6 is 0 Å². The van der Waals surface area contributed by atoms with Gasteiger partial charge in [0.1, 0.15) is 11.1 Å². The minimum atomic E-state index is -3.76. The Labute approximate surface area is 132 Å². The van der Waals surface area contributed by atoms with Crippen LogP contribution < -0.4 is 0 Å². The molecule has 0 amide bonds. The molecule has 1 unspecified atom stereocenters. The molecule has 1 saturated heterocycles. The van der Waals surface area contributed by atoms with Crippen molar-refractivity contribution < 1.29 is 18.1 Å². The summed E-state index contributed by atoms with van der Waals surface area (Å²) in [5.74, 6) is 0. The van der Waals surface area contributed by atoms with Crippen LogP contribution in [-0.2, 0) is 14.6 Å². The van der Waals surface area contributed by atoms with Crippen LogP contribution in [0.3, 0.4) is 0 Å². The molecule has 122 valence electrons. The first-order valence-corrected chi connectivity index (χ1v) is 8.62. The number of hydrogen-bond acceptors (Lipinski definition) is 6. The lowest BCUT2D eigenvalue weighted by atomic mass is 10.2. The van der Waals surface area contributed by atoms with Crippen LogP contribution in [0.25, 0.3) is 0 Å². The fourth-order valence-corrected chi connectivity index (χ4v) is 3.63. The number of nitrogens with zero attached hydrogens (tertiary/aromatic N) is 3. The number of hydrogen-bond donors (Lipinski definition) is 0. The predicted octanol–water partition coefficient (Wildman–Crippen LogP) is 2.32. The van der Waals surface area contributed by atoms with Gasteiger partial charge in [-0.25, -0.2) is 13.1 Å². The summed E-state index contributed by atoms with van der Waals surface area (Å²) in [4.78, 5) is 10.1. The van der Waals surface area contributed by atoms with Crippen LogP contribution in [-0.4, -0.2) is 29.7 Å². The quantitative estimate of drug-likeness (QED) is 0.626. The second-order valence-electron chi connectivity index (χ2n) is 5.23. The molecular formula is C14H15N3O5S. The molecule has 1 aliphatic heterocycles. The van der Waals surface area contributed by atoms with E-state index in [2.05, 4.69) is 5.10 Å². The number of nitro groups is 1. The van der Waals surface area contributed by atoms with Crippen molar-refractivity contribution in [2.24, 2.45) is 0 Å². The lowest BCUT2D eigenvalue weighted by molar-refractivity contribution is -0.384. The van der Waals surface area contributed by atoms with E-state index in [0.29, 0.717) is 6.61 Å². The highest BCUT2D eigenvalue weighted by molar-refractivity contribution is 7.91. The largest absolute Gasteiger partial charge is 0.357 e.